The molecule has 0 saturated carbocycles. The summed E-state index contributed by atoms with van der Waals surface area (Å²) in [5.74, 6) is -0.414. The number of hydrogen-bond donors (Lipinski definition) is 3. The molecule has 0 atom stereocenters. The van der Waals surface area contributed by atoms with Gasteiger partial charge >= 0.3 is 5.97 Å². The Balaban J connectivity index is 3.60. The molecule has 0 saturated heterocycles. The first-order valence-corrected chi connectivity index (χ1v) is 5.58. The zero-order valence-corrected chi connectivity index (χ0v) is 11.3. The predicted octanol–water partition coefficient (Wildman–Crippen LogP) is 2.96. The van der Waals surface area contributed by atoms with Gasteiger partial charge in [0.2, 0.25) is 0 Å². The van der Waals surface area contributed by atoms with E-state index in [0.717, 1.165) is 16.0 Å². The van der Waals surface area contributed by atoms with Gasteiger partial charge in [-0.2, -0.15) is 0 Å². The van der Waals surface area contributed by atoms with Crippen molar-refractivity contribution in [3.8, 4) is 0 Å². The lowest BCUT2D eigenvalue weighted by Gasteiger charge is -2.14. The zero-order chi connectivity index (χ0) is 11.7. The lowest BCUT2D eigenvalue weighted by molar-refractivity contribution is 0.0595. The first-order valence-electron chi connectivity index (χ1n) is 4.24. The molecule has 2 nitrogen and oxygen atoms in total. The zero-order valence-electron chi connectivity index (χ0n) is 8.66. The van der Waals surface area contributed by atoms with Gasteiger partial charge in [0.15, 0.2) is 0 Å². The van der Waals surface area contributed by atoms with Crippen LogP contribution in [0.25, 0.3) is 0 Å². The van der Waals surface area contributed by atoms with Gasteiger partial charge in [0, 0.05) is 14.7 Å². The summed E-state index contributed by atoms with van der Waals surface area (Å²) >= 11 is 12.9. The maximum atomic E-state index is 11.5. The van der Waals surface area contributed by atoms with Crippen LogP contribution in [0.5, 0.6) is 0 Å². The van der Waals surface area contributed by atoms with Crippen LogP contribution < -0.4 is 0 Å². The normalized spacial score (nSPS) is 10.3. The molecule has 1 aromatic carbocycles. The van der Waals surface area contributed by atoms with Crippen molar-refractivity contribution < 1.29 is 9.53 Å². The molecule has 0 aliphatic heterocycles. The topological polar surface area (TPSA) is 26.3 Å². The largest absolute Gasteiger partial charge is 0.465 e. The van der Waals surface area contributed by atoms with Gasteiger partial charge in [-0.15, -0.1) is 37.9 Å². The van der Waals surface area contributed by atoms with Crippen LogP contribution in [0.4, 0.5) is 0 Å². The minimum Gasteiger partial charge on any atom is -0.465 e. The van der Waals surface area contributed by atoms with Crippen molar-refractivity contribution in [3.05, 3.63) is 16.7 Å². The molecule has 1 aromatic rings. The highest BCUT2D eigenvalue weighted by Gasteiger charge is 2.19. The van der Waals surface area contributed by atoms with E-state index in [9.17, 15) is 4.79 Å². The second-order valence-corrected chi connectivity index (χ2v) is 4.50. The Hall–Kier alpha value is -0.260. The standard InChI is InChI=1S/C10H12O2S3/c1-4-6(10(11)12-3)9(15)8(14)5(2)7(4)13/h13-15H,1-3H3. The number of benzene rings is 1. The molecule has 0 amide bonds. The van der Waals surface area contributed by atoms with Crippen molar-refractivity contribution in [3.63, 3.8) is 0 Å². The monoisotopic (exact) mass is 260 g/mol. The fourth-order valence-corrected chi connectivity index (χ4v) is 2.30. The van der Waals surface area contributed by atoms with Gasteiger partial charge in [-0.1, -0.05) is 0 Å². The first-order chi connectivity index (χ1) is 6.91. The van der Waals surface area contributed by atoms with Crippen molar-refractivity contribution in [2.45, 2.75) is 28.5 Å². The van der Waals surface area contributed by atoms with E-state index in [2.05, 4.69) is 37.9 Å². The quantitative estimate of drug-likeness (QED) is 0.535. The molecular weight excluding hydrogens is 248 g/mol. The third kappa shape index (κ3) is 2.14. The highest BCUT2D eigenvalue weighted by Crippen LogP contribution is 2.34. The van der Waals surface area contributed by atoms with E-state index in [0.29, 0.717) is 15.4 Å². The number of esters is 1. The van der Waals surface area contributed by atoms with E-state index in [1.165, 1.54) is 7.11 Å². The minimum atomic E-state index is -0.414. The van der Waals surface area contributed by atoms with Gasteiger partial charge in [0.1, 0.15) is 0 Å². The number of ether oxygens (including phenoxy) is 1. The fourth-order valence-electron chi connectivity index (χ4n) is 1.34. The lowest BCUT2D eigenvalue weighted by atomic mass is 10.1. The number of rotatable bonds is 1. The van der Waals surface area contributed by atoms with Crippen LogP contribution in [0, 0.1) is 13.8 Å². The van der Waals surface area contributed by atoms with Crippen molar-refractivity contribution in [2.24, 2.45) is 0 Å². The van der Waals surface area contributed by atoms with Crippen LogP contribution >= 0.6 is 37.9 Å². The number of thiol groups is 3. The van der Waals surface area contributed by atoms with E-state index in [1.54, 1.807) is 0 Å². The van der Waals surface area contributed by atoms with Crippen molar-refractivity contribution in [1.29, 1.82) is 0 Å². The summed E-state index contributed by atoms with van der Waals surface area (Å²) in [5, 5.41) is 0. The fraction of sp³-hybridized carbons (Fsp3) is 0.300. The van der Waals surface area contributed by atoms with E-state index < -0.39 is 5.97 Å². The molecule has 0 bridgehead atoms. The van der Waals surface area contributed by atoms with E-state index in [1.807, 2.05) is 13.8 Å². The molecular formula is C10H12O2S3. The van der Waals surface area contributed by atoms with Gasteiger partial charge in [-0.05, 0) is 25.0 Å². The van der Waals surface area contributed by atoms with Crippen molar-refractivity contribution in [2.75, 3.05) is 7.11 Å². The second-order valence-electron chi connectivity index (χ2n) is 3.16. The molecule has 0 unspecified atom stereocenters. The molecule has 0 spiro atoms. The van der Waals surface area contributed by atoms with Crippen LogP contribution in [0.2, 0.25) is 0 Å². The Kier molecular flexibility index (Phi) is 4.03. The van der Waals surface area contributed by atoms with Crippen LogP contribution in [-0.4, -0.2) is 13.1 Å². The van der Waals surface area contributed by atoms with Crippen LogP contribution in [-0.2, 0) is 4.74 Å². The highest BCUT2D eigenvalue weighted by molar-refractivity contribution is 7.83. The third-order valence-corrected chi connectivity index (χ3v) is 4.14. The maximum absolute atomic E-state index is 11.5. The number of carbonyl (C=O) groups excluding carboxylic acids is 1. The Bertz CT molecular complexity index is 398. The average Bonchev–Trinajstić information content (AvgIpc) is 2.23. The molecule has 0 aliphatic rings. The number of hydrogen-bond acceptors (Lipinski definition) is 5. The molecule has 0 fully saturated rings. The summed E-state index contributed by atoms with van der Waals surface area (Å²) in [5.41, 5.74) is 2.11. The Morgan fingerprint density at radius 2 is 1.53 bits per heavy atom. The third-order valence-electron chi connectivity index (χ3n) is 2.29. The van der Waals surface area contributed by atoms with E-state index in [4.69, 9.17) is 4.74 Å². The Morgan fingerprint density at radius 3 is 2.00 bits per heavy atom. The van der Waals surface area contributed by atoms with E-state index >= 15 is 0 Å². The average molecular weight is 260 g/mol. The van der Waals surface area contributed by atoms with Gasteiger partial charge in [0.05, 0.1) is 12.7 Å². The van der Waals surface area contributed by atoms with Crippen molar-refractivity contribution in [1.82, 2.24) is 0 Å². The molecule has 0 heterocycles. The van der Waals surface area contributed by atoms with Gasteiger partial charge < -0.3 is 4.74 Å². The maximum Gasteiger partial charge on any atom is 0.339 e. The number of carbonyl (C=O) groups is 1. The second kappa shape index (κ2) is 4.72. The first kappa shape index (κ1) is 12.8. The van der Waals surface area contributed by atoms with Crippen LogP contribution in [0.3, 0.4) is 0 Å². The summed E-state index contributed by atoms with van der Waals surface area (Å²) in [6.07, 6.45) is 0. The lowest BCUT2D eigenvalue weighted by Crippen LogP contribution is -2.07. The SMILES string of the molecule is COC(=O)c1c(C)c(S)c(C)c(S)c1S. The molecule has 0 radical (unpaired) electrons. The number of methoxy groups -OCH3 is 1. The summed E-state index contributed by atoms with van der Waals surface area (Å²) in [6.45, 7) is 3.70. The van der Waals surface area contributed by atoms with Crippen LogP contribution in [0.1, 0.15) is 21.5 Å². The highest BCUT2D eigenvalue weighted by atomic mass is 32.1. The summed E-state index contributed by atoms with van der Waals surface area (Å²) in [6, 6.07) is 0. The van der Waals surface area contributed by atoms with Crippen molar-refractivity contribution >= 4 is 43.9 Å². The Labute approximate surface area is 106 Å². The van der Waals surface area contributed by atoms with Gasteiger partial charge in [0.25, 0.3) is 0 Å². The smallest absolute Gasteiger partial charge is 0.339 e. The molecule has 0 aromatic heterocycles. The van der Waals surface area contributed by atoms with E-state index in [-0.39, 0.29) is 0 Å². The molecule has 82 valence electrons. The summed E-state index contributed by atoms with van der Waals surface area (Å²) in [7, 11) is 1.34. The summed E-state index contributed by atoms with van der Waals surface area (Å²) < 4.78 is 4.69. The predicted molar refractivity (Wildman–Crippen MR) is 69.0 cm³/mol. The molecule has 0 aliphatic carbocycles. The Morgan fingerprint density at radius 1 is 1.00 bits per heavy atom. The molecule has 0 N–H and O–H groups in total. The van der Waals surface area contributed by atoms with Crippen LogP contribution in [0.15, 0.2) is 14.7 Å². The summed E-state index contributed by atoms with van der Waals surface area (Å²) in [4.78, 5) is 13.5. The minimum absolute atomic E-state index is 0.414. The molecule has 1 rings (SSSR count). The molecule has 15 heavy (non-hydrogen) atoms. The molecule has 5 heteroatoms. The van der Waals surface area contributed by atoms with Gasteiger partial charge in [-0.25, -0.2) is 4.79 Å². The van der Waals surface area contributed by atoms with Gasteiger partial charge in [-0.3, -0.25) is 0 Å².